The fourth-order valence-corrected chi connectivity index (χ4v) is 5.01. The van der Waals surface area contributed by atoms with E-state index < -0.39 is 10.0 Å². The maximum atomic E-state index is 13.4. The monoisotopic (exact) mass is 566 g/mol. The van der Waals surface area contributed by atoms with Gasteiger partial charge < -0.3 is 4.74 Å². The molecule has 2 aromatic carbocycles. The molecular formula is C20H16Br2N4O4S. The van der Waals surface area contributed by atoms with Crippen LogP contribution in [0.2, 0.25) is 0 Å². The number of carbonyl (C=O) groups is 1. The van der Waals surface area contributed by atoms with Crippen LogP contribution in [0.3, 0.4) is 0 Å². The van der Waals surface area contributed by atoms with Crippen molar-refractivity contribution in [1.29, 1.82) is 0 Å². The van der Waals surface area contributed by atoms with E-state index in [1.807, 2.05) is 41.3 Å². The van der Waals surface area contributed by atoms with Gasteiger partial charge in [0.2, 0.25) is 5.91 Å². The molecule has 31 heavy (non-hydrogen) atoms. The second-order valence-electron chi connectivity index (χ2n) is 7.44. The van der Waals surface area contributed by atoms with E-state index in [1.54, 1.807) is 4.90 Å². The third-order valence-electron chi connectivity index (χ3n) is 5.12. The predicted octanol–water partition coefficient (Wildman–Crippen LogP) is 4.00. The van der Waals surface area contributed by atoms with Gasteiger partial charge in [-0.15, -0.1) is 0 Å². The highest BCUT2D eigenvalue weighted by Gasteiger charge is 2.32. The Kier molecular flexibility index (Phi) is 4.96. The summed E-state index contributed by atoms with van der Waals surface area (Å²) in [6, 6.07) is 11.1. The minimum atomic E-state index is -3.42. The van der Waals surface area contributed by atoms with E-state index in [4.69, 9.17) is 4.74 Å². The lowest BCUT2D eigenvalue weighted by Gasteiger charge is -2.32. The van der Waals surface area contributed by atoms with Gasteiger partial charge in [0.15, 0.2) is 11.5 Å². The highest BCUT2D eigenvalue weighted by Crippen LogP contribution is 2.48. The summed E-state index contributed by atoms with van der Waals surface area (Å²) in [7, 11) is -3.42. The van der Waals surface area contributed by atoms with Crippen LogP contribution < -0.4 is 9.64 Å². The fourth-order valence-electron chi connectivity index (χ4n) is 3.76. The Hall–Kier alpha value is -2.21. The lowest BCUT2D eigenvalue weighted by Crippen LogP contribution is -2.37. The molecule has 2 aliphatic heterocycles. The van der Waals surface area contributed by atoms with Gasteiger partial charge in [0, 0.05) is 33.8 Å². The summed E-state index contributed by atoms with van der Waals surface area (Å²) < 4.78 is 32.1. The second-order valence-corrected chi connectivity index (χ2v) is 11.1. The predicted molar refractivity (Wildman–Crippen MR) is 122 cm³/mol. The van der Waals surface area contributed by atoms with Gasteiger partial charge >= 0.3 is 0 Å². The van der Waals surface area contributed by atoms with Crippen LogP contribution in [-0.2, 0) is 27.9 Å². The maximum Gasteiger partial charge on any atom is 0.250 e. The quantitative estimate of drug-likeness (QED) is 0.475. The van der Waals surface area contributed by atoms with Crippen LogP contribution in [0.4, 0.5) is 11.4 Å². The van der Waals surface area contributed by atoms with Gasteiger partial charge in [0.1, 0.15) is 0 Å². The number of fused-ring (bicyclic) bond motifs is 3. The van der Waals surface area contributed by atoms with Gasteiger partial charge in [0.25, 0.3) is 10.0 Å². The molecule has 0 saturated carbocycles. The Morgan fingerprint density at radius 3 is 2.23 bits per heavy atom. The van der Waals surface area contributed by atoms with Crippen molar-refractivity contribution in [2.24, 2.45) is 0 Å². The van der Waals surface area contributed by atoms with Crippen LogP contribution in [0, 0.1) is 0 Å². The van der Waals surface area contributed by atoms with Gasteiger partial charge in [0.05, 0.1) is 29.9 Å². The Balaban J connectivity index is 1.42. The molecule has 8 nitrogen and oxygen atoms in total. The topological polar surface area (TPSA) is 84.7 Å². The number of anilines is 2. The lowest BCUT2D eigenvalue weighted by molar-refractivity contribution is -0.119. The van der Waals surface area contributed by atoms with E-state index in [9.17, 15) is 13.2 Å². The van der Waals surface area contributed by atoms with Crippen LogP contribution in [0.15, 0.2) is 51.5 Å². The number of ether oxygens (including phenoxy) is 1. The van der Waals surface area contributed by atoms with Crippen molar-refractivity contribution in [1.82, 2.24) is 14.1 Å². The van der Waals surface area contributed by atoms with Gasteiger partial charge in [-0.05, 0) is 36.4 Å². The largest absolute Gasteiger partial charge is 0.453 e. The van der Waals surface area contributed by atoms with Gasteiger partial charge in [-0.2, -0.15) is 9.19 Å². The van der Waals surface area contributed by atoms with E-state index in [-0.39, 0.29) is 12.5 Å². The molecule has 3 heterocycles. The van der Waals surface area contributed by atoms with E-state index in [2.05, 4.69) is 37.0 Å². The van der Waals surface area contributed by atoms with Crippen LogP contribution in [0.5, 0.6) is 11.5 Å². The lowest BCUT2D eigenvalue weighted by atomic mass is 10.1. The first kappa shape index (κ1) is 20.7. The van der Waals surface area contributed by atoms with Crippen molar-refractivity contribution < 1.29 is 17.9 Å². The number of rotatable bonds is 3. The first-order valence-corrected chi connectivity index (χ1v) is 12.7. The molecule has 0 spiro atoms. The minimum absolute atomic E-state index is 0.114. The molecule has 1 aromatic heterocycles. The molecule has 3 aromatic rings. The van der Waals surface area contributed by atoms with Crippen molar-refractivity contribution >= 4 is 59.2 Å². The highest BCUT2D eigenvalue weighted by atomic mass is 79.9. The average molecular weight is 568 g/mol. The van der Waals surface area contributed by atoms with Crippen LogP contribution in [-0.4, -0.2) is 41.2 Å². The molecule has 0 atom stereocenters. The normalized spacial score (nSPS) is 15.3. The van der Waals surface area contributed by atoms with Crippen molar-refractivity contribution in [3.05, 3.63) is 62.8 Å². The fraction of sp³-hybridized carbons (Fsp3) is 0.200. The number of benzene rings is 2. The molecule has 11 heteroatoms. The van der Waals surface area contributed by atoms with Gasteiger partial charge in [-0.25, -0.2) is 8.42 Å². The van der Waals surface area contributed by atoms with E-state index in [1.165, 1.54) is 6.20 Å². The van der Waals surface area contributed by atoms with E-state index in [0.29, 0.717) is 41.7 Å². The number of amides is 1. The number of halogens is 2. The van der Waals surface area contributed by atoms with E-state index in [0.717, 1.165) is 24.9 Å². The zero-order valence-corrected chi connectivity index (χ0v) is 20.2. The van der Waals surface area contributed by atoms with Crippen molar-refractivity contribution in [3.63, 3.8) is 0 Å². The molecule has 0 fully saturated rings. The first-order chi connectivity index (χ1) is 14.7. The Bertz CT molecular complexity index is 1260. The zero-order valence-electron chi connectivity index (χ0n) is 16.2. The summed E-state index contributed by atoms with van der Waals surface area (Å²) in [6.07, 6.45) is 2.63. The first-order valence-electron chi connectivity index (χ1n) is 9.29. The third-order valence-corrected chi connectivity index (χ3v) is 6.97. The molecular weight excluding hydrogens is 552 g/mol. The molecule has 2 aliphatic rings. The van der Waals surface area contributed by atoms with Crippen molar-refractivity contribution in [2.75, 3.05) is 17.7 Å². The number of aromatic nitrogens is 2. The molecule has 0 aliphatic carbocycles. The van der Waals surface area contributed by atoms with E-state index >= 15 is 0 Å². The molecule has 0 unspecified atom stereocenters. The Morgan fingerprint density at radius 1 is 1.06 bits per heavy atom. The zero-order chi connectivity index (χ0) is 21.9. The van der Waals surface area contributed by atoms with Crippen molar-refractivity contribution in [3.8, 4) is 11.5 Å². The molecule has 160 valence electrons. The average Bonchev–Trinajstić information content (AvgIpc) is 3.24. The van der Waals surface area contributed by atoms with Crippen LogP contribution >= 0.6 is 31.9 Å². The van der Waals surface area contributed by atoms with Crippen molar-refractivity contribution in [2.45, 2.75) is 13.1 Å². The second kappa shape index (κ2) is 7.44. The van der Waals surface area contributed by atoms with Crippen LogP contribution in [0.25, 0.3) is 0 Å². The van der Waals surface area contributed by atoms with Gasteiger partial charge in [-0.3, -0.25) is 14.6 Å². The number of hydrogen-bond acceptors (Lipinski definition) is 6. The summed E-state index contributed by atoms with van der Waals surface area (Å²) >= 11 is 6.90. The highest BCUT2D eigenvalue weighted by molar-refractivity contribution is 9.10. The number of nitrogens with zero attached hydrogens (tertiary/aromatic N) is 4. The standard InChI is InChI=1S/C20H16Br2N4O4S/c1-31(28,29)25-9-12-8-24(10-15(12)23-25)11-20(27)26-16-4-2-13(21)6-18(16)30-19-7-14(22)3-5-17(19)26/h2-7,9H,8,10-11H2,1H3. The molecule has 0 N–H and O–H groups in total. The molecule has 1 amide bonds. The Morgan fingerprint density at radius 2 is 1.68 bits per heavy atom. The molecule has 5 rings (SSSR count). The minimum Gasteiger partial charge on any atom is -0.453 e. The maximum absolute atomic E-state index is 13.4. The SMILES string of the molecule is CS(=O)(=O)n1cc2c(n1)CN(CC(=O)N1c3ccc(Br)cc3Oc3cc(Br)ccc31)C2. The molecule has 0 radical (unpaired) electrons. The summed E-state index contributed by atoms with van der Waals surface area (Å²) in [4.78, 5) is 17.0. The summed E-state index contributed by atoms with van der Waals surface area (Å²) in [5.74, 6) is 1.06. The number of hydrogen-bond donors (Lipinski definition) is 0. The Labute approximate surface area is 195 Å². The molecule has 0 saturated heterocycles. The summed E-state index contributed by atoms with van der Waals surface area (Å²) in [5.41, 5.74) is 2.83. The van der Waals surface area contributed by atoms with Gasteiger partial charge in [-0.1, -0.05) is 31.9 Å². The summed E-state index contributed by atoms with van der Waals surface area (Å²) in [5, 5.41) is 4.16. The third kappa shape index (κ3) is 3.79. The summed E-state index contributed by atoms with van der Waals surface area (Å²) in [6.45, 7) is 1.02. The smallest absolute Gasteiger partial charge is 0.250 e. The molecule has 0 bridgehead atoms. The van der Waals surface area contributed by atoms with Crippen LogP contribution in [0.1, 0.15) is 11.3 Å². The number of carbonyl (C=O) groups excluding carboxylic acids is 1.